The largest absolute Gasteiger partial charge is 0.407 e. The molecule has 3 aromatic rings. The Labute approximate surface area is 271 Å². The van der Waals surface area contributed by atoms with Gasteiger partial charge in [0, 0.05) is 29.7 Å². The van der Waals surface area contributed by atoms with Gasteiger partial charge in [-0.3, -0.25) is 4.57 Å². The normalized spacial score (nSPS) is 24.4. The van der Waals surface area contributed by atoms with Gasteiger partial charge in [-0.1, -0.05) is 74.4 Å². The zero-order valence-corrected chi connectivity index (χ0v) is 31.4. The van der Waals surface area contributed by atoms with Crippen LogP contribution in [-0.2, 0) is 18.0 Å². The Bertz CT molecular complexity index is 1540. The van der Waals surface area contributed by atoms with Crippen molar-refractivity contribution in [3.63, 3.8) is 0 Å². The number of ether oxygens (including phenoxy) is 1. The van der Waals surface area contributed by atoms with Crippen molar-refractivity contribution in [1.82, 2.24) is 24.4 Å². The maximum Gasteiger partial charge on any atom is 0.349 e. The first-order chi connectivity index (χ1) is 20.8. The van der Waals surface area contributed by atoms with Gasteiger partial charge in [-0.2, -0.15) is 0 Å². The SMILES string of the molecule is CN(C)/C=N/c1cccc(-c2ncnc3c2ncn3[C@@H]2O[C@@H]3CO[Si](C(C)(C)C)(C(C)(C)C)O[C@H]3[C@H]2O[Si](C)(C)C(C)(C)C)c1. The second kappa shape index (κ2) is 11.6. The van der Waals surface area contributed by atoms with Crippen LogP contribution in [0.5, 0.6) is 0 Å². The van der Waals surface area contributed by atoms with E-state index in [1.54, 1.807) is 19.0 Å². The van der Waals surface area contributed by atoms with Crippen molar-refractivity contribution < 1.29 is 18.0 Å². The van der Waals surface area contributed by atoms with Gasteiger partial charge in [0.15, 0.2) is 20.2 Å². The number of benzene rings is 1. The molecule has 0 amide bonds. The Hall–Kier alpha value is -2.49. The van der Waals surface area contributed by atoms with Gasteiger partial charge in [-0.05, 0) is 30.3 Å². The highest BCUT2D eigenvalue weighted by molar-refractivity contribution is 6.74. The molecule has 0 N–H and O–H groups in total. The van der Waals surface area contributed by atoms with Gasteiger partial charge in [0.25, 0.3) is 0 Å². The van der Waals surface area contributed by atoms with Crippen LogP contribution in [-0.4, -0.2) is 86.6 Å². The minimum atomic E-state index is -2.78. The van der Waals surface area contributed by atoms with Crippen molar-refractivity contribution in [3.05, 3.63) is 36.9 Å². The van der Waals surface area contributed by atoms with Crippen LogP contribution < -0.4 is 0 Å². The average molecular weight is 653 g/mol. The highest BCUT2D eigenvalue weighted by Crippen LogP contribution is 2.56. The smallest absolute Gasteiger partial charge is 0.349 e. The first-order valence-electron chi connectivity index (χ1n) is 15.9. The molecule has 246 valence electrons. The van der Waals surface area contributed by atoms with E-state index < -0.39 is 23.1 Å². The first kappa shape index (κ1) is 33.9. The Morgan fingerprint density at radius 3 is 2.33 bits per heavy atom. The molecule has 2 fully saturated rings. The number of aliphatic imine (C=N–C) groups is 1. The Morgan fingerprint density at radius 1 is 1.02 bits per heavy atom. The highest BCUT2D eigenvalue weighted by Gasteiger charge is 2.66. The summed E-state index contributed by atoms with van der Waals surface area (Å²) in [7, 11) is -1.15. The Balaban J connectivity index is 1.59. The van der Waals surface area contributed by atoms with Crippen molar-refractivity contribution in [2.45, 2.75) is 115 Å². The fourth-order valence-electron chi connectivity index (χ4n) is 6.35. The van der Waals surface area contributed by atoms with E-state index >= 15 is 0 Å². The molecule has 5 rings (SSSR count). The van der Waals surface area contributed by atoms with E-state index in [0.29, 0.717) is 17.8 Å². The molecule has 2 aromatic heterocycles. The van der Waals surface area contributed by atoms with E-state index in [9.17, 15) is 0 Å². The third-order valence-corrected chi connectivity index (χ3v) is 19.0. The quantitative estimate of drug-likeness (QED) is 0.154. The number of nitrogens with zero attached hydrogens (tertiary/aromatic N) is 6. The predicted molar refractivity (Wildman–Crippen MR) is 185 cm³/mol. The van der Waals surface area contributed by atoms with Crippen molar-refractivity contribution >= 4 is 40.1 Å². The molecule has 1 aromatic carbocycles. The van der Waals surface area contributed by atoms with E-state index in [2.05, 4.69) is 85.4 Å². The molecule has 4 heterocycles. The topological polar surface area (TPSA) is 96.1 Å². The minimum Gasteiger partial charge on any atom is -0.407 e. The second-order valence-electron chi connectivity index (χ2n) is 16.2. The summed E-state index contributed by atoms with van der Waals surface area (Å²) in [5.41, 5.74) is 3.87. The van der Waals surface area contributed by atoms with Crippen LogP contribution in [0.15, 0.2) is 41.9 Å². The number of imidazole rings is 1. The molecule has 4 atom stereocenters. The van der Waals surface area contributed by atoms with Crippen molar-refractivity contribution in [2.75, 3.05) is 20.7 Å². The number of fused-ring (bicyclic) bond motifs is 2. The first-order valence-corrected chi connectivity index (χ1v) is 20.6. The lowest BCUT2D eigenvalue weighted by Gasteiger charge is -2.54. The Kier molecular flexibility index (Phi) is 8.76. The van der Waals surface area contributed by atoms with Gasteiger partial charge >= 0.3 is 8.56 Å². The van der Waals surface area contributed by atoms with Gasteiger partial charge in [-0.15, -0.1) is 0 Å². The zero-order chi connectivity index (χ0) is 33.2. The van der Waals surface area contributed by atoms with Gasteiger partial charge in [-0.25, -0.2) is 19.9 Å². The number of hydrogen-bond donors (Lipinski definition) is 0. The number of aromatic nitrogens is 4. The molecule has 45 heavy (non-hydrogen) atoms. The van der Waals surface area contributed by atoms with Crippen LogP contribution in [0.4, 0.5) is 5.69 Å². The fraction of sp³-hybridized carbons (Fsp3) is 0.636. The molecule has 2 aliphatic rings. The second-order valence-corrected chi connectivity index (χ2v) is 25.7. The summed E-state index contributed by atoms with van der Waals surface area (Å²) in [5, 5.41) is -0.328. The summed E-state index contributed by atoms with van der Waals surface area (Å²) in [5.74, 6) is 0. The highest BCUT2D eigenvalue weighted by atomic mass is 28.4. The molecule has 2 saturated heterocycles. The molecular formula is C33H52N6O4Si2. The van der Waals surface area contributed by atoms with Gasteiger partial charge < -0.3 is 22.9 Å². The summed E-state index contributed by atoms with van der Waals surface area (Å²) in [6.45, 7) is 25.3. The monoisotopic (exact) mass is 652 g/mol. The third-order valence-electron chi connectivity index (χ3n) is 9.44. The van der Waals surface area contributed by atoms with E-state index in [4.69, 9.17) is 28.0 Å². The summed E-state index contributed by atoms with van der Waals surface area (Å²) in [6.07, 6.45) is 3.76. The van der Waals surface area contributed by atoms with E-state index in [0.717, 1.165) is 16.9 Å². The van der Waals surface area contributed by atoms with Crippen molar-refractivity contribution in [2.24, 2.45) is 4.99 Å². The van der Waals surface area contributed by atoms with E-state index in [1.807, 2.05) is 47.8 Å². The molecule has 0 unspecified atom stereocenters. The molecule has 0 aliphatic carbocycles. The lowest BCUT2D eigenvalue weighted by Crippen LogP contribution is -2.66. The van der Waals surface area contributed by atoms with E-state index in [1.165, 1.54) is 0 Å². The average Bonchev–Trinajstić information content (AvgIpc) is 3.51. The molecule has 0 saturated carbocycles. The molecule has 0 radical (unpaired) electrons. The van der Waals surface area contributed by atoms with Crippen LogP contribution in [0.3, 0.4) is 0 Å². The van der Waals surface area contributed by atoms with Crippen LogP contribution in [0.2, 0.25) is 28.2 Å². The molecular weight excluding hydrogens is 601 g/mol. The minimum absolute atomic E-state index is 0.00416. The predicted octanol–water partition coefficient (Wildman–Crippen LogP) is 7.46. The summed E-state index contributed by atoms with van der Waals surface area (Å²) in [6, 6.07) is 7.99. The van der Waals surface area contributed by atoms with Crippen LogP contribution in [0.1, 0.15) is 68.5 Å². The summed E-state index contributed by atoms with van der Waals surface area (Å²) in [4.78, 5) is 20.7. The molecule has 12 heteroatoms. The summed E-state index contributed by atoms with van der Waals surface area (Å²) >= 11 is 0. The van der Waals surface area contributed by atoms with Crippen molar-refractivity contribution in [3.8, 4) is 11.3 Å². The molecule has 10 nitrogen and oxygen atoms in total. The molecule has 0 spiro atoms. The molecule has 2 aliphatic heterocycles. The Morgan fingerprint density at radius 2 is 1.71 bits per heavy atom. The van der Waals surface area contributed by atoms with Crippen LogP contribution in [0.25, 0.3) is 22.4 Å². The maximum atomic E-state index is 7.29. The third kappa shape index (κ3) is 6.17. The molecule has 0 bridgehead atoms. The van der Waals surface area contributed by atoms with Gasteiger partial charge in [0.05, 0.1) is 25.0 Å². The van der Waals surface area contributed by atoms with Crippen LogP contribution >= 0.6 is 0 Å². The standard InChI is InChI=1S/C33H52N6O4Si2/c1-31(2,3)44(12,13)42-28-27-24(18-40-45(43-27,32(4,5)6)33(7,8)9)41-30(28)39-21-37-26-25(34-19-35-29(26)39)22-15-14-16-23(17-22)36-20-38(10)11/h14-17,19-21,24,27-28,30H,18H2,1-13H3/b36-20+/t24-,27-,28-,30-/m1/s1. The van der Waals surface area contributed by atoms with Crippen LogP contribution in [0, 0.1) is 0 Å². The van der Waals surface area contributed by atoms with Crippen molar-refractivity contribution in [1.29, 1.82) is 0 Å². The lowest BCUT2D eigenvalue weighted by atomic mass is 10.1. The van der Waals surface area contributed by atoms with Gasteiger partial charge in [0.1, 0.15) is 35.8 Å². The fourth-order valence-corrected chi connectivity index (χ4v) is 12.6. The van der Waals surface area contributed by atoms with E-state index in [-0.39, 0.29) is 33.4 Å². The zero-order valence-electron chi connectivity index (χ0n) is 29.4. The summed E-state index contributed by atoms with van der Waals surface area (Å²) < 4.78 is 30.2. The van der Waals surface area contributed by atoms with Gasteiger partial charge in [0.2, 0.25) is 0 Å². The number of rotatable bonds is 6. The lowest BCUT2D eigenvalue weighted by molar-refractivity contribution is -0.0795. The number of hydrogen-bond acceptors (Lipinski definition) is 8. The maximum absolute atomic E-state index is 7.29.